The van der Waals surface area contributed by atoms with E-state index in [9.17, 15) is 43.2 Å². The third-order valence-electron chi connectivity index (χ3n) is 17.2. The molecule has 0 heterocycles. The van der Waals surface area contributed by atoms with Crippen molar-refractivity contribution in [1.82, 2.24) is 0 Å². The van der Waals surface area contributed by atoms with Crippen LogP contribution in [0.1, 0.15) is 323 Å². The van der Waals surface area contributed by atoms with Gasteiger partial charge in [0.15, 0.2) is 12.2 Å². The molecule has 0 bridgehead atoms. The van der Waals surface area contributed by atoms with Crippen LogP contribution in [0.15, 0.2) is 170 Å². The van der Waals surface area contributed by atoms with E-state index in [1.165, 1.54) is 44.9 Å². The molecule has 0 aliphatic heterocycles. The Labute approximate surface area is 667 Å². The Kier molecular flexibility index (Phi) is 77.3. The number of phosphoric acid groups is 2. The minimum absolute atomic E-state index is 0.0268. The summed E-state index contributed by atoms with van der Waals surface area (Å²) in [6.07, 6.45) is 97.6. The number of allylic oxidation sites excluding steroid dienone is 28. The van der Waals surface area contributed by atoms with Crippen molar-refractivity contribution in [2.75, 3.05) is 39.6 Å². The van der Waals surface area contributed by atoms with Crippen LogP contribution < -0.4 is 0 Å². The van der Waals surface area contributed by atoms with E-state index < -0.39 is 97.5 Å². The second-order valence-electron chi connectivity index (χ2n) is 27.6. The van der Waals surface area contributed by atoms with Gasteiger partial charge in [-0.25, -0.2) is 9.13 Å². The molecular formula is C91H150O17P2. The van der Waals surface area contributed by atoms with Crippen LogP contribution in [-0.4, -0.2) is 96.7 Å². The first-order valence-corrected chi connectivity index (χ1v) is 45.4. The second kappa shape index (κ2) is 81.4. The molecule has 0 aliphatic carbocycles. The Hall–Kier alpha value is -5.58. The predicted molar refractivity (Wildman–Crippen MR) is 454 cm³/mol. The molecule has 0 aromatic rings. The first kappa shape index (κ1) is 104. The average Bonchev–Trinajstić information content (AvgIpc) is 0.900. The largest absolute Gasteiger partial charge is 0.472 e. The molecular weight excluding hydrogens is 1430 g/mol. The zero-order valence-corrected chi connectivity index (χ0v) is 70.4. The van der Waals surface area contributed by atoms with Crippen LogP contribution in [0.25, 0.3) is 0 Å². The molecule has 0 amide bonds. The molecule has 110 heavy (non-hydrogen) atoms. The molecule has 0 saturated heterocycles. The summed E-state index contributed by atoms with van der Waals surface area (Å²) in [7, 11) is -10.0. The summed E-state index contributed by atoms with van der Waals surface area (Å²) in [5, 5.41) is 10.7. The fourth-order valence-corrected chi connectivity index (χ4v) is 12.3. The minimum atomic E-state index is -5.01. The van der Waals surface area contributed by atoms with E-state index in [4.69, 9.17) is 37.0 Å². The van der Waals surface area contributed by atoms with Gasteiger partial charge in [0, 0.05) is 25.7 Å². The smallest absolute Gasteiger partial charge is 0.462 e. The highest BCUT2D eigenvalue weighted by molar-refractivity contribution is 7.47. The Morgan fingerprint density at radius 2 is 0.491 bits per heavy atom. The van der Waals surface area contributed by atoms with Crippen LogP contribution in [0.2, 0.25) is 0 Å². The van der Waals surface area contributed by atoms with Crippen LogP contribution >= 0.6 is 15.6 Å². The Balaban J connectivity index is 5.46. The monoisotopic (exact) mass is 1580 g/mol. The third-order valence-corrected chi connectivity index (χ3v) is 19.1. The van der Waals surface area contributed by atoms with Gasteiger partial charge in [0.2, 0.25) is 0 Å². The molecule has 3 N–H and O–H groups in total. The molecule has 0 saturated carbocycles. The van der Waals surface area contributed by atoms with Crippen LogP contribution in [-0.2, 0) is 65.4 Å². The van der Waals surface area contributed by atoms with Crippen molar-refractivity contribution < 1.29 is 80.2 Å². The lowest BCUT2D eigenvalue weighted by molar-refractivity contribution is -0.161. The molecule has 19 heteroatoms. The predicted octanol–water partition coefficient (Wildman–Crippen LogP) is 25.3. The van der Waals surface area contributed by atoms with E-state index in [1.54, 1.807) is 0 Å². The molecule has 0 spiro atoms. The fraction of sp³-hybridized carbons (Fsp3) is 0.648. The molecule has 0 rings (SSSR count). The molecule has 0 aromatic carbocycles. The summed E-state index contributed by atoms with van der Waals surface area (Å²) in [5.41, 5.74) is 0. The highest BCUT2D eigenvalue weighted by Crippen LogP contribution is 2.45. The Bertz CT molecular complexity index is 2750. The van der Waals surface area contributed by atoms with Crippen molar-refractivity contribution in [1.29, 1.82) is 0 Å². The van der Waals surface area contributed by atoms with Gasteiger partial charge in [-0.2, -0.15) is 0 Å². The molecule has 0 aliphatic rings. The number of carbonyl (C=O) groups is 4. The maximum absolute atomic E-state index is 13.1. The maximum Gasteiger partial charge on any atom is 0.472 e. The van der Waals surface area contributed by atoms with Crippen LogP contribution in [0, 0.1) is 0 Å². The van der Waals surface area contributed by atoms with E-state index in [2.05, 4.69) is 180 Å². The molecule has 0 aromatic heterocycles. The summed E-state index contributed by atoms with van der Waals surface area (Å²) in [5.74, 6) is -2.32. The Morgan fingerprint density at radius 3 is 0.809 bits per heavy atom. The van der Waals surface area contributed by atoms with Crippen molar-refractivity contribution in [2.45, 2.75) is 341 Å². The molecule has 0 fully saturated rings. The quantitative estimate of drug-likeness (QED) is 0.0169. The zero-order valence-electron chi connectivity index (χ0n) is 68.6. The normalized spacial score (nSPS) is 14.6. The number of phosphoric ester groups is 2. The van der Waals surface area contributed by atoms with E-state index in [1.807, 2.05) is 18.2 Å². The number of esters is 4. The zero-order chi connectivity index (χ0) is 80.3. The highest BCUT2D eigenvalue weighted by atomic mass is 31.2. The van der Waals surface area contributed by atoms with E-state index >= 15 is 0 Å². The van der Waals surface area contributed by atoms with Gasteiger partial charge in [-0.15, -0.1) is 0 Å². The molecule has 0 radical (unpaired) electrons. The number of carbonyl (C=O) groups excluding carboxylic acids is 4. The van der Waals surface area contributed by atoms with Crippen molar-refractivity contribution in [3.63, 3.8) is 0 Å². The summed E-state index contributed by atoms with van der Waals surface area (Å²) >= 11 is 0. The molecule has 5 unspecified atom stereocenters. The first-order valence-electron chi connectivity index (χ1n) is 42.4. The van der Waals surface area contributed by atoms with Gasteiger partial charge in [-0.3, -0.25) is 37.3 Å². The van der Waals surface area contributed by atoms with Crippen LogP contribution in [0.4, 0.5) is 0 Å². The number of ether oxygens (including phenoxy) is 4. The van der Waals surface area contributed by atoms with E-state index in [0.29, 0.717) is 32.1 Å². The number of unbranched alkanes of at least 4 members (excludes halogenated alkanes) is 24. The van der Waals surface area contributed by atoms with Gasteiger partial charge in [0.25, 0.3) is 0 Å². The summed E-state index contributed by atoms with van der Waals surface area (Å²) < 4.78 is 68.7. The molecule has 17 nitrogen and oxygen atoms in total. The SMILES string of the molecule is CC/C=C\C/C=C\C/C=C\C/C=C\C/C=C\C/C=C\CCC(=O)OCC(COP(=O)(O)OCC(O)COP(=O)(O)OCC(COC(=O)CCCCCCCC/C=C\C/C=C\C/C=C\CCCCC)OC(=O)CCCCCCC/C=C\CCCCCC)OC(=O)CCCCCCCC/C=C\C/C=C\C/C=C\C/C=C\CC. The Morgan fingerprint density at radius 1 is 0.264 bits per heavy atom. The van der Waals surface area contributed by atoms with Crippen LogP contribution in [0.5, 0.6) is 0 Å². The standard InChI is InChI=1S/C91H150O17P2/c1-5-9-13-17-21-25-29-33-36-39-42-45-48-52-55-59-63-67-71-75-88(93)101-81-86(107-90(95)77-73-69-65-61-57-51-32-28-24-20-16-12-8-4)83-105-109(97,98)103-79-85(92)80-104-110(99,100)106-84-87(108-91(96)78-74-70-66-62-58-54-50-47-44-41-38-35-31-27-23-19-15-11-7-3)82-102-89(94)76-72-68-64-60-56-53-49-46-43-40-37-34-30-26-22-18-14-10-6-2/h10-11,14-15,21-23,25-28,32-38,42-47,53,56,64,68,85-87,92H,5-9,12-13,16-20,24,29-31,39-41,48-52,54-55,57-63,65-67,69-84H2,1-4H3,(H,97,98)(H,99,100)/b14-10-,15-11-,25-21-,26-22-,27-23-,32-28-,36-33-,37-34-,38-35-,45-42-,46-43-,47-44-,56-53-,68-64-. The van der Waals surface area contributed by atoms with Gasteiger partial charge >= 0.3 is 39.5 Å². The summed E-state index contributed by atoms with van der Waals surface area (Å²) in [4.78, 5) is 73.2. The molecule has 5 atom stereocenters. The van der Waals surface area contributed by atoms with Crippen LogP contribution in [0.3, 0.4) is 0 Å². The van der Waals surface area contributed by atoms with Crippen molar-refractivity contribution in [3.05, 3.63) is 170 Å². The molecule has 626 valence electrons. The average molecular weight is 1580 g/mol. The number of aliphatic hydroxyl groups excluding tert-OH is 1. The number of hydrogen-bond donors (Lipinski definition) is 3. The van der Waals surface area contributed by atoms with E-state index in [-0.39, 0.29) is 25.7 Å². The highest BCUT2D eigenvalue weighted by Gasteiger charge is 2.30. The summed E-state index contributed by atoms with van der Waals surface area (Å²) in [6, 6.07) is 0. The van der Waals surface area contributed by atoms with Gasteiger partial charge in [-0.1, -0.05) is 301 Å². The van der Waals surface area contributed by atoms with E-state index in [0.717, 1.165) is 193 Å². The van der Waals surface area contributed by atoms with Gasteiger partial charge in [0.1, 0.15) is 19.3 Å². The third kappa shape index (κ3) is 80.5. The first-order chi connectivity index (χ1) is 53.7. The maximum atomic E-state index is 13.1. The number of rotatable bonds is 78. The lowest BCUT2D eigenvalue weighted by atomic mass is 10.1. The lowest BCUT2D eigenvalue weighted by Gasteiger charge is -2.21. The fourth-order valence-electron chi connectivity index (χ4n) is 10.8. The second-order valence-corrected chi connectivity index (χ2v) is 30.6. The van der Waals surface area contributed by atoms with Crippen molar-refractivity contribution >= 4 is 39.5 Å². The van der Waals surface area contributed by atoms with Gasteiger partial charge < -0.3 is 33.8 Å². The van der Waals surface area contributed by atoms with Crippen molar-refractivity contribution in [3.8, 4) is 0 Å². The topological polar surface area (TPSA) is 237 Å². The lowest BCUT2D eigenvalue weighted by Crippen LogP contribution is -2.30. The minimum Gasteiger partial charge on any atom is -0.462 e. The number of hydrogen-bond acceptors (Lipinski definition) is 15. The van der Waals surface area contributed by atoms with Crippen molar-refractivity contribution in [2.24, 2.45) is 0 Å². The summed E-state index contributed by atoms with van der Waals surface area (Å²) in [6.45, 7) is 4.49. The van der Waals surface area contributed by atoms with Gasteiger partial charge in [0.05, 0.1) is 26.4 Å². The number of aliphatic hydroxyl groups is 1. The van der Waals surface area contributed by atoms with Gasteiger partial charge in [-0.05, 0) is 167 Å².